The number of rotatable bonds is 3. The summed E-state index contributed by atoms with van der Waals surface area (Å²) in [5.41, 5.74) is 0.696. The Morgan fingerprint density at radius 1 is 1.22 bits per heavy atom. The lowest BCUT2D eigenvalue weighted by molar-refractivity contribution is -0.137. The van der Waals surface area contributed by atoms with Crippen LogP contribution in [0.15, 0.2) is 47.1 Å². The standard InChI is InChI=1S/C16H11F3N2O2/c1-10-7-20-21(8-10)14-4-2-11(16(17,18)19)6-13(14)15-5-3-12(9-22)23-15/h2-9H,1H3. The van der Waals surface area contributed by atoms with Crippen molar-refractivity contribution in [1.82, 2.24) is 9.78 Å². The van der Waals surface area contributed by atoms with Gasteiger partial charge in [-0.2, -0.15) is 18.3 Å². The fraction of sp³-hybridized carbons (Fsp3) is 0.125. The first-order valence-electron chi connectivity index (χ1n) is 6.67. The second-order valence-corrected chi connectivity index (χ2v) is 5.01. The Kier molecular flexibility index (Phi) is 3.55. The van der Waals surface area contributed by atoms with Crippen molar-refractivity contribution in [2.24, 2.45) is 0 Å². The molecule has 2 aromatic heterocycles. The Hall–Kier alpha value is -2.83. The quantitative estimate of drug-likeness (QED) is 0.677. The number of hydrogen-bond donors (Lipinski definition) is 0. The summed E-state index contributed by atoms with van der Waals surface area (Å²) < 4.78 is 45.7. The summed E-state index contributed by atoms with van der Waals surface area (Å²) in [4.78, 5) is 10.7. The maximum absolute atomic E-state index is 13.0. The van der Waals surface area contributed by atoms with E-state index < -0.39 is 11.7 Å². The molecule has 3 rings (SSSR count). The number of aromatic nitrogens is 2. The molecule has 0 unspecified atom stereocenters. The number of furan rings is 1. The Morgan fingerprint density at radius 3 is 2.57 bits per heavy atom. The fourth-order valence-electron chi connectivity index (χ4n) is 2.21. The van der Waals surface area contributed by atoms with E-state index in [-0.39, 0.29) is 17.1 Å². The van der Waals surface area contributed by atoms with Gasteiger partial charge in [0.1, 0.15) is 5.76 Å². The van der Waals surface area contributed by atoms with Crippen LogP contribution in [0.4, 0.5) is 13.2 Å². The van der Waals surface area contributed by atoms with Gasteiger partial charge >= 0.3 is 6.18 Å². The summed E-state index contributed by atoms with van der Waals surface area (Å²) in [6.45, 7) is 1.82. The molecule has 23 heavy (non-hydrogen) atoms. The Morgan fingerprint density at radius 2 is 2.00 bits per heavy atom. The van der Waals surface area contributed by atoms with Crippen molar-refractivity contribution in [2.45, 2.75) is 13.1 Å². The number of benzene rings is 1. The van der Waals surface area contributed by atoms with Crippen LogP contribution in [0.3, 0.4) is 0 Å². The molecule has 0 fully saturated rings. The highest BCUT2D eigenvalue weighted by atomic mass is 19.4. The molecule has 0 atom stereocenters. The van der Waals surface area contributed by atoms with E-state index in [1.54, 1.807) is 12.4 Å². The molecule has 0 amide bonds. The maximum atomic E-state index is 13.0. The van der Waals surface area contributed by atoms with E-state index in [2.05, 4.69) is 5.10 Å². The number of carbonyl (C=O) groups is 1. The molecular formula is C16H11F3N2O2. The molecule has 0 saturated heterocycles. The second kappa shape index (κ2) is 5.42. The number of aryl methyl sites for hydroxylation is 1. The molecule has 0 saturated carbocycles. The molecule has 7 heteroatoms. The lowest BCUT2D eigenvalue weighted by atomic mass is 10.1. The van der Waals surface area contributed by atoms with E-state index in [4.69, 9.17) is 4.42 Å². The van der Waals surface area contributed by atoms with Crippen LogP contribution in [-0.2, 0) is 6.18 Å². The van der Waals surface area contributed by atoms with E-state index in [0.29, 0.717) is 12.0 Å². The van der Waals surface area contributed by atoms with Crippen molar-refractivity contribution in [3.05, 3.63) is 59.6 Å². The third kappa shape index (κ3) is 2.90. The lowest BCUT2D eigenvalue weighted by Gasteiger charge is -2.12. The van der Waals surface area contributed by atoms with Crippen LogP contribution < -0.4 is 0 Å². The summed E-state index contributed by atoms with van der Waals surface area (Å²) in [5, 5.41) is 4.12. The van der Waals surface area contributed by atoms with Crippen molar-refractivity contribution >= 4 is 6.29 Å². The van der Waals surface area contributed by atoms with E-state index in [9.17, 15) is 18.0 Å². The Labute approximate surface area is 129 Å². The molecule has 0 N–H and O–H groups in total. The van der Waals surface area contributed by atoms with Gasteiger partial charge in [0.25, 0.3) is 0 Å². The summed E-state index contributed by atoms with van der Waals surface area (Å²) in [5.74, 6) is 0.210. The van der Waals surface area contributed by atoms with Gasteiger partial charge in [0.15, 0.2) is 12.0 Å². The third-order valence-corrected chi connectivity index (χ3v) is 3.29. The normalized spacial score (nSPS) is 11.7. The van der Waals surface area contributed by atoms with Crippen LogP contribution in [-0.4, -0.2) is 16.1 Å². The molecule has 4 nitrogen and oxygen atoms in total. The van der Waals surface area contributed by atoms with Gasteiger partial charge in [-0.15, -0.1) is 0 Å². The third-order valence-electron chi connectivity index (χ3n) is 3.29. The maximum Gasteiger partial charge on any atom is 0.416 e. The molecule has 0 bridgehead atoms. The smallest absolute Gasteiger partial charge is 0.416 e. The molecule has 2 heterocycles. The van der Waals surface area contributed by atoms with Crippen LogP contribution in [0, 0.1) is 6.92 Å². The zero-order valence-electron chi connectivity index (χ0n) is 12.0. The number of halogens is 3. The van der Waals surface area contributed by atoms with Crippen LogP contribution in [0.1, 0.15) is 21.7 Å². The zero-order chi connectivity index (χ0) is 16.6. The fourth-order valence-corrected chi connectivity index (χ4v) is 2.21. The van der Waals surface area contributed by atoms with E-state index in [1.807, 2.05) is 6.92 Å². The van der Waals surface area contributed by atoms with Crippen molar-refractivity contribution in [1.29, 1.82) is 0 Å². The van der Waals surface area contributed by atoms with Gasteiger partial charge in [-0.05, 0) is 42.8 Å². The van der Waals surface area contributed by atoms with Crippen LogP contribution in [0.5, 0.6) is 0 Å². The zero-order valence-corrected chi connectivity index (χ0v) is 12.0. The molecule has 0 aliphatic carbocycles. The molecule has 3 aromatic rings. The highest BCUT2D eigenvalue weighted by molar-refractivity contribution is 5.75. The van der Waals surface area contributed by atoms with Crippen LogP contribution >= 0.6 is 0 Å². The second-order valence-electron chi connectivity index (χ2n) is 5.01. The van der Waals surface area contributed by atoms with E-state index in [0.717, 1.165) is 17.7 Å². The first-order chi connectivity index (χ1) is 10.9. The van der Waals surface area contributed by atoms with Gasteiger partial charge < -0.3 is 4.42 Å². The van der Waals surface area contributed by atoms with Gasteiger partial charge in [0, 0.05) is 11.8 Å². The summed E-state index contributed by atoms with van der Waals surface area (Å²) in [6, 6.07) is 6.16. The summed E-state index contributed by atoms with van der Waals surface area (Å²) in [7, 11) is 0. The Balaban J connectivity index is 2.21. The first-order valence-corrected chi connectivity index (χ1v) is 6.67. The van der Waals surface area contributed by atoms with Gasteiger partial charge in [-0.3, -0.25) is 4.79 Å². The lowest BCUT2D eigenvalue weighted by Crippen LogP contribution is -2.06. The Bertz CT molecular complexity index is 862. The van der Waals surface area contributed by atoms with Gasteiger partial charge in [-0.25, -0.2) is 4.68 Å². The summed E-state index contributed by atoms with van der Waals surface area (Å²) >= 11 is 0. The topological polar surface area (TPSA) is 48.0 Å². The van der Waals surface area contributed by atoms with Crippen molar-refractivity contribution in [2.75, 3.05) is 0 Å². The van der Waals surface area contributed by atoms with Crippen molar-refractivity contribution in [3.63, 3.8) is 0 Å². The SMILES string of the molecule is Cc1cnn(-c2ccc(C(F)(F)F)cc2-c2ccc(C=O)o2)c1. The van der Waals surface area contributed by atoms with E-state index in [1.165, 1.54) is 22.9 Å². The van der Waals surface area contributed by atoms with Gasteiger partial charge in [0.2, 0.25) is 0 Å². The first kappa shape index (κ1) is 15.1. The molecule has 0 radical (unpaired) electrons. The highest BCUT2D eigenvalue weighted by Gasteiger charge is 2.31. The predicted molar refractivity (Wildman–Crippen MR) is 76.4 cm³/mol. The molecule has 118 valence electrons. The summed E-state index contributed by atoms with van der Waals surface area (Å²) in [6.07, 6.45) is -0.696. The van der Waals surface area contributed by atoms with Crippen LogP contribution in [0.2, 0.25) is 0 Å². The monoisotopic (exact) mass is 320 g/mol. The molecular weight excluding hydrogens is 309 g/mol. The van der Waals surface area contributed by atoms with Gasteiger partial charge in [0.05, 0.1) is 17.4 Å². The number of carbonyl (C=O) groups excluding carboxylic acids is 1. The minimum absolute atomic E-state index is 0.0417. The number of alkyl halides is 3. The average Bonchev–Trinajstić information content (AvgIpc) is 3.14. The molecule has 0 spiro atoms. The molecule has 0 aliphatic rings. The minimum Gasteiger partial charge on any atom is -0.453 e. The highest BCUT2D eigenvalue weighted by Crippen LogP contribution is 2.35. The van der Waals surface area contributed by atoms with Crippen molar-refractivity contribution < 1.29 is 22.4 Å². The average molecular weight is 320 g/mol. The van der Waals surface area contributed by atoms with Gasteiger partial charge in [-0.1, -0.05) is 0 Å². The number of hydrogen-bond acceptors (Lipinski definition) is 3. The van der Waals surface area contributed by atoms with Crippen molar-refractivity contribution in [3.8, 4) is 17.0 Å². The minimum atomic E-state index is -4.48. The number of nitrogens with zero attached hydrogens (tertiary/aromatic N) is 2. The molecule has 1 aromatic carbocycles. The molecule has 0 aliphatic heterocycles. The number of aldehydes is 1. The predicted octanol–water partition coefficient (Wildman–Crippen LogP) is 4.27. The van der Waals surface area contributed by atoms with Crippen LogP contribution in [0.25, 0.3) is 17.0 Å². The largest absolute Gasteiger partial charge is 0.453 e. The van der Waals surface area contributed by atoms with E-state index >= 15 is 0 Å².